The number of ether oxygens (including phenoxy) is 1. The standard InChI is InChI=1S/C13H21N5O/c1-4-15-11-9-13(17-12(16-11)10-19-3)18(5-2)8-6-7-14/h9H,4-6,8,10H2,1-3H3,(H,15,16,17). The molecule has 0 fully saturated rings. The summed E-state index contributed by atoms with van der Waals surface area (Å²) in [6.07, 6.45) is 0.480. The van der Waals surface area contributed by atoms with Crippen molar-refractivity contribution in [1.82, 2.24) is 9.97 Å². The zero-order chi connectivity index (χ0) is 14.1. The maximum Gasteiger partial charge on any atom is 0.158 e. The van der Waals surface area contributed by atoms with E-state index in [1.165, 1.54) is 0 Å². The molecule has 0 aliphatic rings. The normalized spacial score (nSPS) is 10.0. The minimum atomic E-state index is 0.377. The minimum Gasteiger partial charge on any atom is -0.377 e. The van der Waals surface area contributed by atoms with Gasteiger partial charge in [-0.25, -0.2) is 9.97 Å². The summed E-state index contributed by atoms with van der Waals surface area (Å²) in [7, 11) is 1.62. The molecule has 1 rings (SSSR count). The van der Waals surface area contributed by atoms with Crippen molar-refractivity contribution in [1.29, 1.82) is 5.26 Å². The second kappa shape index (κ2) is 8.27. The van der Waals surface area contributed by atoms with E-state index >= 15 is 0 Å². The molecule has 0 radical (unpaired) electrons. The van der Waals surface area contributed by atoms with Crippen molar-refractivity contribution >= 4 is 11.6 Å². The van der Waals surface area contributed by atoms with E-state index in [1.54, 1.807) is 7.11 Å². The van der Waals surface area contributed by atoms with Crippen LogP contribution >= 0.6 is 0 Å². The van der Waals surface area contributed by atoms with E-state index in [4.69, 9.17) is 10.00 Å². The lowest BCUT2D eigenvalue weighted by Crippen LogP contribution is -2.25. The maximum absolute atomic E-state index is 8.69. The topological polar surface area (TPSA) is 74.1 Å². The van der Waals surface area contributed by atoms with Gasteiger partial charge in [0.05, 0.1) is 12.5 Å². The molecule has 0 atom stereocenters. The summed E-state index contributed by atoms with van der Waals surface area (Å²) >= 11 is 0. The molecule has 6 nitrogen and oxygen atoms in total. The number of anilines is 2. The zero-order valence-electron chi connectivity index (χ0n) is 11.8. The SMILES string of the molecule is CCNc1cc(N(CC)CCC#N)nc(COC)n1. The highest BCUT2D eigenvalue weighted by atomic mass is 16.5. The Balaban J connectivity index is 2.98. The van der Waals surface area contributed by atoms with Crippen LogP contribution in [0.25, 0.3) is 0 Å². The van der Waals surface area contributed by atoms with Crippen LogP contribution < -0.4 is 10.2 Å². The predicted molar refractivity (Wildman–Crippen MR) is 75.0 cm³/mol. The third-order valence-corrected chi connectivity index (χ3v) is 2.59. The first-order chi connectivity index (χ1) is 9.24. The number of nitrogens with zero attached hydrogens (tertiary/aromatic N) is 4. The molecule has 0 aromatic carbocycles. The van der Waals surface area contributed by atoms with Gasteiger partial charge in [0.25, 0.3) is 0 Å². The lowest BCUT2D eigenvalue weighted by atomic mass is 10.3. The molecule has 0 saturated carbocycles. The number of hydrogen-bond acceptors (Lipinski definition) is 6. The number of nitrogens with one attached hydrogen (secondary N) is 1. The van der Waals surface area contributed by atoms with Crippen LogP contribution in [0.2, 0.25) is 0 Å². The Morgan fingerprint density at radius 3 is 2.79 bits per heavy atom. The van der Waals surface area contributed by atoms with Crippen molar-refractivity contribution in [3.8, 4) is 6.07 Å². The summed E-state index contributed by atoms with van der Waals surface area (Å²) in [6.45, 7) is 6.71. The molecule has 1 aromatic heterocycles. The van der Waals surface area contributed by atoms with Crippen molar-refractivity contribution < 1.29 is 4.74 Å². The molecule has 1 aromatic rings. The molecular weight excluding hydrogens is 242 g/mol. The van der Waals surface area contributed by atoms with Crippen molar-refractivity contribution in [2.45, 2.75) is 26.9 Å². The monoisotopic (exact) mass is 263 g/mol. The summed E-state index contributed by atoms with van der Waals surface area (Å²) in [5, 5.41) is 11.9. The predicted octanol–water partition coefficient (Wildman–Crippen LogP) is 1.79. The first-order valence-corrected chi connectivity index (χ1v) is 6.47. The van der Waals surface area contributed by atoms with E-state index in [0.717, 1.165) is 24.7 Å². The highest BCUT2D eigenvalue weighted by molar-refractivity contribution is 5.49. The molecule has 0 aliphatic heterocycles. The van der Waals surface area contributed by atoms with E-state index in [2.05, 4.69) is 26.3 Å². The van der Waals surface area contributed by atoms with Gasteiger partial charge in [-0.15, -0.1) is 0 Å². The van der Waals surface area contributed by atoms with Gasteiger partial charge in [0, 0.05) is 32.8 Å². The fourth-order valence-electron chi connectivity index (χ4n) is 1.73. The molecule has 0 bridgehead atoms. The maximum atomic E-state index is 8.69. The first kappa shape index (κ1) is 15.2. The van der Waals surface area contributed by atoms with Gasteiger partial charge < -0.3 is 15.0 Å². The van der Waals surface area contributed by atoms with Crippen LogP contribution in [0.1, 0.15) is 26.1 Å². The Morgan fingerprint density at radius 1 is 1.42 bits per heavy atom. The minimum absolute atomic E-state index is 0.377. The van der Waals surface area contributed by atoms with Gasteiger partial charge in [-0.3, -0.25) is 0 Å². The van der Waals surface area contributed by atoms with Gasteiger partial charge in [-0.05, 0) is 13.8 Å². The van der Waals surface area contributed by atoms with Crippen LogP contribution in [0.5, 0.6) is 0 Å². The highest BCUT2D eigenvalue weighted by Crippen LogP contribution is 2.16. The van der Waals surface area contributed by atoms with E-state index in [0.29, 0.717) is 25.4 Å². The summed E-state index contributed by atoms with van der Waals surface area (Å²) in [5.74, 6) is 2.26. The molecule has 1 N–H and O–H groups in total. The van der Waals surface area contributed by atoms with Crippen LogP contribution in [-0.4, -0.2) is 36.7 Å². The zero-order valence-corrected chi connectivity index (χ0v) is 11.8. The molecule has 6 heteroatoms. The van der Waals surface area contributed by atoms with Crippen molar-refractivity contribution in [2.24, 2.45) is 0 Å². The van der Waals surface area contributed by atoms with Gasteiger partial charge in [-0.1, -0.05) is 0 Å². The Morgan fingerprint density at radius 2 is 2.21 bits per heavy atom. The molecule has 0 spiro atoms. The fourth-order valence-corrected chi connectivity index (χ4v) is 1.73. The third-order valence-electron chi connectivity index (χ3n) is 2.59. The number of rotatable bonds is 8. The second-order valence-corrected chi connectivity index (χ2v) is 3.98. The Hall–Kier alpha value is -1.87. The number of nitriles is 1. The number of hydrogen-bond donors (Lipinski definition) is 1. The second-order valence-electron chi connectivity index (χ2n) is 3.98. The fraction of sp³-hybridized carbons (Fsp3) is 0.615. The van der Waals surface area contributed by atoms with Gasteiger partial charge >= 0.3 is 0 Å². The Labute approximate surface area is 114 Å². The van der Waals surface area contributed by atoms with E-state index in [-0.39, 0.29) is 0 Å². The van der Waals surface area contributed by atoms with E-state index in [9.17, 15) is 0 Å². The van der Waals surface area contributed by atoms with Gasteiger partial charge in [0.2, 0.25) is 0 Å². The molecule has 0 saturated heterocycles. The Bertz CT molecular complexity index is 405. The molecule has 19 heavy (non-hydrogen) atoms. The smallest absolute Gasteiger partial charge is 0.158 e. The molecule has 0 aliphatic carbocycles. The molecule has 1 heterocycles. The Kier molecular flexibility index (Phi) is 6.61. The lowest BCUT2D eigenvalue weighted by Gasteiger charge is -2.21. The largest absolute Gasteiger partial charge is 0.377 e. The van der Waals surface area contributed by atoms with E-state index < -0.39 is 0 Å². The van der Waals surface area contributed by atoms with Crippen molar-refractivity contribution in [3.05, 3.63) is 11.9 Å². The lowest BCUT2D eigenvalue weighted by molar-refractivity contribution is 0.178. The van der Waals surface area contributed by atoms with Crippen LogP contribution in [0.4, 0.5) is 11.6 Å². The first-order valence-electron chi connectivity index (χ1n) is 6.47. The van der Waals surface area contributed by atoms with Crippen LogP contribution in [0.15, 0.2) is 6.07 Å². The number of aromatic nitrogens is 2. The van der Waals surface area contributed by atoms with Gasteiger partial charge in [0.1, 0.15) is 18.2 Å². The molecular formula is C13H21N5O. The highest BCUT2D eigenvalue weighted by Gasteiger charge is 2.10. The van der Waals surface area contributed by atoms with Crippen LogP contribution in [0, 0.1) is 11.3 Å². The molecule has 0 unspecified atom stereocenters. The van der Waals surface area contributed by atoms with Gasteiger partial charge in [-0.2, -0.15) is 5.26 Å². The number of methoxy groups -OCH3 is 1. The molecule has 0 amide bonds. The summed E-state index contributed by atoms with van der Waals surface area (Å²) in [5.41, 5.74) is 0. The molecule has 104 valence electrons. The average molecular weight is 263 g/mol. The average Bonchev–Trinajstić information content (AvgIpc) is 2.40. The quantitative estimate of drug-likeness (QED) is 0.771. The van der Waals surface area contributed by atoms with Crippen molar-refractivity contribution in [3.63, 3.8) is 0 Å². The third kappa shape index (κ3) is 4.72. The summed E-state index contributed by atoms with van der Waals surface area (Å²) in [4.78, 5) is 10.9. The van der Waals surface area contributed by atoms with Crippen molar-refractivity contribution in [2.75, 3.05) is 37.0 Å². The van der Waals surface area contributed by atoms with E-state index in [1.807, 2.05) is 19.9 Å². The van der Waals surface area contributed by atoms with Crippen LogP contribution in [-0.2, 0) is 11.3 Å². The summed E-state index contributed by atoms with van der Waals surface area (Å²) < 4.78 is 5.09. The summed E-state index contributed by atoms with van der Waals surface area (Å²) in [6, 6.07) is 4.06. The van der Waals surface area contributed by atoms with Crippen LogP contribution in [0.3, 0.4) is 0 Å². The van der Waals surface area contributed by atoms with Gasteiger partial charge in [0.15, 0.2) is 5.82 Å².